The summed E-state index contributed by atoms with van der Waals surface area (Å²) in [5.41, 5.74) is 2.27. The van der Waals surface area contributed by atoms with E-state index in [0.29, 0.717) is 5.92 Å². The predicted molar refractivity (Wildman–Crippen MR) is 83.1 cm³/mol. The molecule has 112 valence electrons. The smallest absolute Gasteiger partial charge is 0.260 e. The van der Waals surface area contributed by atoms with E-state index >= 15 is 0 Å². The van der Waals surface area contributed by atoms with Crippen LogP contribution in [0.1, 0.15) is 38.8 Å². The van der Waals surface area contributed by atoms with Crippen LogP contribution in [0, 0.1) is 19.8 Å². The minimum absolute atomic E-state index is 0.0497. The number of benzene rings is 1. The zero-order valence-electron chi connectivity index (χ0n) is 13.6. The van der Waals surface area contributed by atoms with Crippen LogP contribution in [0.3, 0.4) is 0 Å². The van der Waals surface area contributed by atoms with E-state index in [1.54, 1.807) is 0 Å². The third-order valence-electron chi connectivity index (χ3n) is 3.19. The lowest BCUT2D eigenvalue weighted by atomic mass is 10.1. The third kappa shape index (κ3) is 4.87. The number of hydrogen-bond donors (Lipinski definition) is 0. The van der Waals surface area contributed by atoms with Crippen LogP contribution >= 0.6 is 0 Å². The van der Waals surface area contributed by atoms with Crippen molar-refractivity contribution >= 4 is 5.91 Å². The van der Waals surface area contributed by atoms with E-state index in [9.17, 15) is 4.79 Å². The number of rotatable bonds is 6. The van der Waals surface area contributed by atoms with Gasteiger partial charge in [-0.05, 0) is 45.2 Å². The summed E-state index contributed by atoms with van der Waals surface area (Å²) in [6.45, 7) is 13.2. The van der Waals surface area contributed by atoms with Gasteiger partial charge in [0, 0.05) is 12.6 Å². The molecule has 0 radical (unpaired) electrons. The molecule has 1 amide bonds. The summed E-state index contributed by atoms with van der Waals surface area (Å²) in [7, 11) is 0. The van der Waals surface area contributed by atoms with Crippen molar-refractivity contribution in [1.82, 2.24) is 4.90 Å². The highest BCUT2D eigenvalue weighted by atomic mass is 16.5. The minimum atomic E-state index is 0.0497. The average Bonchev–Trinajstić information content (AvgIpc) is 2.34. The zero-order valence-corrected chi connectivity index (χ0v) is 13.6. The second-order valence-corrected chi connectivity index (χ2v) is 6.09. The van der Waals surface area contributed by atoms with Gasteiger partial charge in [-0.1, -0.05) is 31.5 Å². The fraction of sp³-hybridized carbons (Fsp3) is 0.588. The van der Waals surface area contributed by atoms with Crippen molar-refractivity contribution in [1.29, 1.82) is 0 Å². The molecule has 0 spiro atoms. The van der Waals surface area contributed by atoms with E-state index < -0.39 is 0 Å². The van der Waals surface area contributed by atoms with Gasteiger partial charge in [0.15, 0.2) is 6.61 Å². The number of carbonyl (C=O) groups excluding carboxylic acids is 1. The molecule has 1 rings (SSSR count). The lowest BCUT2D eigenvalue weighted by molar-refractivity contribution is -0.135. The maximum absolute atomic E-state index is 12.3. The molecule has 3 nitrogen and oxygen atoms in total. The van der Waals surface area contributed by atoms with Crippen molar-refractivity contribution in [3.8, 4) is 5.75 Å². The molecule has 0 fully saturated rings. The second-order valence-electron chi connectivity index (χ2n) is 6.09. The molecule has 1 aromatic rings. The SMILES string of the molecule is Cc1ccc(OCC(=O)N(CC(C)C)C(C)C)c(C)c1. The molecule has 3 heteroatoms. The molecular formula is C17H27NO2. The van der Waals surface area contributed by atoms with Gasteiger partial charge in [0.25, 0.3) is 5.91 Å². The van der Waals surface area contributed by atoms with E-state index in [4.69, 9.17) is 4.74 Å². The van der Waals surface area contributed by atoms with Crippen LogP contribution in [0.5, 0.6) is 5.75 Å². The van der Waals surface area contributed by atoms with Crippen molar-refractivity contribution in [3.63, 3.8) is 0 Å². The number of hydrogen-bond acceptors (Lipinski definition) is 2. The van der Waals surface area contributed by atoms with Crippen LogP contribution in [0.25, 0.3) is 0 Å². The first-order chi connectivity index (χ1) is 9.31. The summed E-state index contributed by atoms with van der Waals surface area (Å²) in [5, 5.41) is 0. The first-order valence-electron chi connectivity index (χ1n) is 7.30. The largest absolute Gasteiger partial charge is 0.484 e. The molecule has 0 aliphatic rings. The lowest BCUT2D eigenvalue weighted by Crippen LogP contribution is -2.42. The van der Waals surface area contributed by atoms with E-state index in [1.165, 1.54) is 5.56 Å². The Kier molecular flexibility index (Phi) is 6.05. The molecule has 0 N–H and O–H groups in total. The molecule has 1 aromatic carbocycles. The number of nitrogens with zero attached hydrogens (tertiary/aromatic N) is 1. The highest BCUT2D eigenvalue weighted by molar-refractivity contribution is 5.78. The van der Waals surface area contributed by atoms with E-state index in [-0.39, 0.29) is 18.6 Å². The van der Waals surface area contributed by atoms with Crippen molar-refractivity contribution < 1.29 is 9.53 Å². The van der Waals surface area contributed by atoms with Gasteiger partial charge < -0.3 is 9.64 Å². The van der Waals surface area contributed by atoms with Crippen LogP contribution in [0.4, 0.5) is 0 Å². The Morgan fingerprint density at radius 2 is 1.85 bits per heavy atom. The average molecular weight is 277 g/mol. The Labute approximate surface area is 122 Å². The molecule has 0 heterocycles. The number of aryl methyl sites for hydroxylation is 2. The summed E-state index contributed by atoms with van der Waals surface area (Å²) >= 11 is 0. The maximum Gasteiger partial charge on any atom is 0.260 e. The molecule has 0 aliphatic heterocycles. The van der Waals surface area contributed by atoms with Gasteiger partial charge in [0.05, 0.1) is 0 Å². The van der Waals surface area contributed by atoms with Gasteiger partial charge in [-0.3, -0.25) is 4.79 Å². The molecule has 20 heavy (non-hydrogen) atoms. The van der Waals surface area contributed by atoms with Crippen LogP contribution in [0.2, 0.25) is 0 Å². The Balaban J connectivity index is 2.65. The topological polar surface area (TPSA) is 29.5 Å². The maximum atomic E-state index is 12.3. The third-order valence-corrected chi connectivity index (χ3v) is 3.19. The van der Waals surface area contributed by atoms with E-state index in [1.807, 2.05) is 44.7 Å². The minimum Gasteiger partial charge on any atom is -0.484 e. The van der Waals surface area contributed by atoms with Crippen LogP contribution in [-0.4, -0.2) is 30.0 Å². The summed E-state index contributed by atoms with van der Waals surface area (Å²) in [6.07, 6.45) is 0. The fourth-order valence-corrected chi connectivity index (χ4v) is 2.18. The molecule has 0 atom stereocenters. The van der Waals surface area contributed by atoms with Crippen molar-refractivity contribution in [3.05, 3.63) is 29.3 Å². The van der Waals surface area contributed by atoms with Crippen molar-refractivity contribution in [2.75, 3.05) is 13.2 Å². The second kappa shape index (κ2) is 7.32. The molecular weight excluding hydrogens is 250 g/mol. The molecule has 0 aromatic heterocycles. The van der Waals surface area contributed by atoms with Gasteiger partial charge in [-0.15, -0.1) is 0 Å². The molecule has 0 aliphatic carbocycles. The van der Waals surface area contributed by atoms with Gasteiger partial charge in [0.2, 0.25) is 0 Å². The highest BCUT2D eigenvalue weighted by Gasteiger charge is 2.18. The van der Waals surface area contributed by atoms with Crippen LogP contribution in [-0.2, 0) is 4.79 Å². The quantitative estimate of drug-likeness (QED) is 0.795. The standard InChI is InChI=1S/C17H27NO2/c1-12(2)10-18(13(3)4)17(19)11-20-16-8-7-14(5)9-15(16)6/h7-9,12-13H,10-11H2,1-6H3. The van der Waals surface area contributed by atoms with E-state index in [2.05, 4.69) is 19.9 Å². The van der Waals surface area contributed by atoms with Gasteiger partial charge in [0.1, 0.15) is 5.75 Å². The highest BCUT2D eigenvalue weighted by Crippen LogP contribution is 2.19. The van der Waals surface area contributed by atoms with Gasteiger partial charge >= 0.3 is 0 Å². The van der Waals surface area contributed by atoms with E-state index in [0.717, 1.165) is 17.9 Å². The number of carbonyl (C=O) groups is 1. The molecule has 0 bridgehead atoms. The Morgan fingerprint density at radius 1 is 1.20 bits per heavy atom. The lowest BCUT2D eigenvalue weighted by Gasteiger charge is -2.28. The zero-order chi connectivity index (χ0) is 15.3. The fourth-order valence-electron chi connectivity index (χ4n) is 2.18. The summed E-state index contributed by atoms with van der Waals surface area (Å²) in [5.74, 6) is 1.30. The normalized spacial score (nSPS) is 11.0. The molecule has 0 saturated heterocycles. The Bertz CT molecular complexity index is 452. The Morgan fingerprint density at radius 3 is 2.35 bits per heavy atom. The van der Waals surface area contributed by atoms with Gasteiger partial charge in [-0.25, -0.2) is 0 Å². The monoisotopic (exact) mass is 277 g/mol. The first-order valence-corrected chi connectivity index (χ1v) is 7.30. The first kappa shape index (κ1) is 16.5. The number of ether oxygens (including phenoxy) is 1. The summed E-state index contributed by atoms with van der Waals surface area (Å²) < 4.78 is 5.68. The van der Waals surface area contributed by atoms with Crippen LogP contribution < -0.4 is 4.74 Å². The predicted octanol–water partition coefficient (Wildman–Crippen LogP) is 3.58. The Hall–Kier alpha value is -1.51. The number of amides is 1. The molecule has 0 saturated carbocycles. The summed E-state index contributed by atoms with van der Waals surface area (Å²) in [6, 6.07) is 6.20. The summed E-state index contributed by atoms with van der Waals surface area (Å²) in [4.78, 5) is 14.2. The molecule has 0 unspecified atom stereocenters. The van der Waals surface area contributed by atoms with Crippen molar-refractivity contribution in [2.45, 2.75) is 47.6 Å². The van der Waals surface area contributed by atoms with Crippen molar-refractivity contribution in [2.24, 2.45) is 5.92 Å². The van der Waals surface area contributed by atoms with Gasteiger partial charge in [-0.2, -0.15) is 0 Å². The van der Waals surface area contributed by atoms with Crippen LogP contribution in [0.15, 0.2) is 18.2 Å².